The summed E-state index contributed by atoms with van der Waals surface area (Å²) in [5.41, 5.74) is 0.567. The summed E-state index contributed by atoms with van der Waals surface area (Å²) in [7, 11) is 1.39. The van der Waals surface area contributed by atoms with Crippen LogP contribution >= 0.6 is 11.3 Å². The summed E-state index contributed by atoms with van der Waals surface area (Å²) >= 11 is 1.51. The maximum absolute atomic E-state index is 11.8. The number of carboxylic acid groups (broad SMARTS) is 1. The summed E-state index contributed by atoms with van der Waals surface area (Å²) in [6, 6.07) is 8.21. The summed E-state index contributed by atoms with van der Waals surface area (Å²) in [5, 5.41) is 13.6. The molecule has 0 fully saturated rings. The largest absolute Gasteiger partial charge is 0.496 e. The van der Waals surface area contributed by atoms with E-state index in [0.717, 1.165) is 4.88 Å². The normalized spacial score (nSPS) is 10.1. The van der Waals surface area contributed by atoms with E-state index in [1.165, 1.54) is 36.6 Å². The first-order chi connectivity index (χ1) is 9.60. The van der Waals surface area contributed by atoms with Crippen LogP contribution in [0.1, 0.15) is 15.2 Å². The highest BCUT2D eigenvalue weighted by molar-refractivity contribution is 7.10. The number of carbonyl (C=O) groups excluding carboxylic acids is 1. The van der Waals surface area contributed by atoms with Crippen LogP contribution in [0.4, 0.5) is 5.69 Å². The first-order valence-corrected chi connectivity index (χ1v) is 6.71. The van der Waals surface area contributed by atoms with Crippen molar-refractivity contribution in [3.05, 3.63) is 46.2 Å². The Balaban J connectivity index is 2.09. The van der Waals surface area contributed by atoms with Crippen molar-refractivity contribution in [1.82, 2.24) is 0 Å². The van der Waals surface area contributed by atoms with Gasteiger partial charge >= 0.3 is 5.97 Å². The molecule has 0 aliphatic carbocycles. The van der Waals surface area contributed by atoms with E-state index in [4.69, 9.17) is 9.84 Å². The van der Waals surface area contributed by atoms with Crippen LogP contribution in [-0.4, -0.2) is 24.1 Å². The summed E-state index contributed by atoms with van der Waals surface area (Å²) in [6.07, 6.45) is 0.292. The quantitative estimate of drug-likeness (QED) is 0.888. The van der Waals surface area contributed by atoms with E-state index in [-0.39, 0.29) is 17.2 Å². The molecule has 0 atom stereocenters. The van der Waals surface area contributed by atoms with Crippen molar-refractivity contribution < 1.29 is 19.4 Å². The second kappa shape index (κ2) is 6.21. The SMILES string of the molecule is COc1cc(NC(=O)Cc2cccs2)ccc1C(=O)O. The third-order valence-electron chi connectivity index (χ3n) is 2.63. The van der Waals surface area contributed by atoms with Crippen molar-refractivity contribution >= 4 is 28.9 Å². The molecule has 1 aromatic carbocycles. The number of benzene rings is 1. The molecule has 0 spiro atoms. The van der Waals surface area contributed by atoms with Crippen molar-refractivity contribution in [2.75, 3.05) is 12.4 Å². The Hall–Kier alpha value is -2.34. The standard InChI is InChI=1S/C14H13NO4S/c1-19-12-7-9(4-5-11(12)14(17)18)15-13(16)8-10-3-2-6-20-10/h2-7H,8H2,1H3,(H,15,16)(H,17,18). The molecule has 2 N–H and O–H groups in total. The maximum Gasteiger partial charge on any atom is 0.339 e. The number of ether oxygens (including phenoxy) is 1. The van der Waals surface area contributed by atoms with Gasteiger partial charge in [0.05, 0.1) is 13.5 Å². The maximum atomic E-state index is 11.8. The van der Waals surface area contributed by atoms with Crippen LogP contribution in [0.15, 0.2) is 35.7 Å². The Morgan fingerprint density at radius 2 is 2.15 bits per heavy atom. The van der Waals surface area contributed by atoms with Crippen molar-refractivity contribution in [3.63, 3.8) is 0 Å². The minimum absolute atomic E-state index is 0.0590. The van der Waals surface area contributed by atoms with Crippen LogP contribution in [0.25, 0.3) is 0 Å². The van der Waals surface area contributed by atoms with E-state index in [1.807, 2.05) is 17.5 Å². The average molecular weight is 291 g/mol. The lowest BCUT2D eigenvalue weighted by Crippen LogP contribution is -2.14. The van der Waals surface area contributed by atoms with E-state index in [1.54, 1.807) is 0 Å². The molecule has 5 nitrogen and oxygen atoms in total. The summed E-state index contributed by atoms with van der Waals surface area (Å²) in [4.78, 5) is 23.8. The fourth-order valence-corrected chi connectivity index (χ4v) is 2.43. The number of methoxy groups -OCH3 is 1. The van der Waals surface area contributed by atoms with Gasteiger partial charge in [-0.1, -0.05) is 6.07 Å². The lowest BCUT2D eigenvalue weighted by molar-refractivity contribution is -0.115. The van der Waals surface area contributed by atoms with Crippen LogP contribution in [0, 0.1) is 0 Å². The molecule has 2 rings (SSSR count). The Labute approximate surface area is 119 Å². The molecule has 1 aromatic heterocycles. The van der Waals surface area contributed by atoms with E-state index in [9.17, 15) is 9.59 Å². The van der Waals surface area contributed by atoms with Gasteiger partial charge in [0.1, 0.15) is 11.3 Å². The van der Waals surface area contributed by atoms with Crippen LogP contribution < -0.4 is 10.1 Å². The van der Waals surface area contributed by atoms with E-state index in [2.05, 4.69) is 5.32 Å². The number of nitrogens with one attached hydrogen (secondary N) is 1. The second-order valence-corrected chi connectivity index (χ2v) is 5.06. The smallest absolute Gasteiger partial charge is 0.339 e. The van der Waals surface area contributed by atoms with Crippen LogP contribution in [-0.2, 0) is 11.2 Å². The Bertz CT molecular complexity index is 622. The molecule has 104 valence electrons. The van der Waals surface area contributed by atoms with Crippen molar-refractivity contribution in [2.45, 2.75) is 6.42 Å². The molecule has 20 heavy (non-hydrogen) atoms. The topological polar surface area (TPSA) is 75.6 Å². The number of aromatic carboxylic acids is 1. The summed E-state index contributed by atoms with van der Waals surface area (Å²) < 4.78 is 5.00. The van der Waals surface area contributed by atoms with Gasteiger partial charge in [0.25, 0.3) is 0 Å². The predicted molar refractivity (Wildman–Crippen MR) is 76.6 cm³/mol. The molecule has 0 aliphatic heterocycles. The van der Waals surface area contributed by atoms with Gasteiger partial charge in [-0.15, -0.1) is 11.3 Å². The summed E-state index contributed by atoms with van der Waals surface area (Å²) in [6.45, 7) is 0. The van der Waals surface area contributed by atoms with Gasteiger partial charge in [-0.3, -0.25) is 4.79 Å². The molecule has 2 aromatic rings. The van der Waals surface area contributed by atoms with Gasteiger partial charge in [0.15, 0.2) is 0 Å². The predicted octanol–water partition coefficient (Wildman–Crippen LogP) is 2.64. The fourth-order valence-electron chi connectivity index (χ4n) is 1.72. The van der Waals surface area contributed by atoms with Crippen molar-refractivity contribution in [3.8, 4) is 5.75 Å². The van der Waals surface area contributed by atoms with Gasteiger partial charge in [-0.2, -0.15) is 0 Å². The molecule has 0 unspecified atom stereocenters. The molecule has 0 radical (unpaired) electrons. The number of thiophene rings is 1. The Kier molecular flexibility index (Phi) is 4.37. The first kappa shape index (κ1) is 14.1. The Morgan fingerprint density at radius 1 is 1.35 bits per heavy atom. The number of carboxylic acids is 1. The zero-order valence-electron chi connectivity index (χ0n) is 10.8. The highest BCUT2D eigenvalue weighted by atomic mass is 32.1. The molecule has 0 saturated carbocycles. The number of anilines is 1. The van der Waals surface area contributed by atoms with Gasteiger partial charge in [0, 0.05) is 16.6 Å². The van der Waals surface area contributed by atoms with Crippen molar-refractivity contribution in [1.29, 1.82) is 0 Å². The zero-order chi connectivity index (χ0) is 14.5. The number of hydrogen-bond donors (Lipinski definition) is 2. The summed E-state index contributed by atoms with van der Waals surface area (Å²) in [5.74, 6) is -1.01. The number of carbonyl (C=O) groups is 2. The van der Waals surface area contributed by atoms with Gasteiger partial charge in [0.2, 0.25) is 5.91 Å². The van der Waals surface area contributed by atoms with E-state index in [0.29, 0.717) is 12.1 Å². The monoisotopic (exact) mass is 291 g/mol. The molecule has 0 aliphatic rings. The molecule has 0 saturated heterocycles. The molecular weight excluding hydrogens is 278 g/mol. The van der Waals surface area contributed by atoms with Gasteiger partial charge < -0.3 is 15.2 Å². The minimum Gasteiger partial charge on any atom is -0.496 e. The van der Waals surface area contributed by atoms with Gasteiger partial charge in [-0.05, 0) is 23.6 Å². The van der Waals surface area contributed by atoms with Crippen molar-refractivity contribution in [2.24, 2.45) is 0 Å². The average Bonchev–Trinajstić information content (AvgIpc) is 2.90. The molecule has 6 heteroatoms. The minimum atomic E-state index is -1.07. The third-order valence-corrected chi connectivity index (χ3v) is 3.51. The Morgan fingerprint density at radius 3 is 2.75 bits per heavy atom. The van der Waals surface area contributed by atoms with Gasteiger partial charge in [-0.25, -0.2) is 4.79 Å². The van der Waals surface area contributed by atoms with E-state index < -0.39 is 5.97 Å². The van der Waals surface area contributed by atoms with Crippen LogP contribution in [0.2, 0.25) is 0 Å². The highest BCUT2D eigenvalue weighted by Gasteiger charge is 2.12. The van der Waals surface area contributed by atoms with Crippen LogP contribution in [0.3, 0.4) is 0 Å². The zero-order valence-corrected chi connectivity index (χ0v) is 11.6. The molecular formula is C14H13NO4S. The molecule has 0 bridgehead atoms. The second-order valence-electron chi connectivity index (χ2n) is 4.02. The lowest BCUT2D eigenvalue weighted by atomic mass is 10.2. The molecule has 1 heterocycles. The van der Waals surface area contributed by atoms with Crippen LogP contribution in [0.5, 0.6) is 5.75 Å². The first-order valence-electron chi connectivity index (χ1n) is 5.83. The lowest BCUT2D eigenvalue weighted by Gasteiger charge is -2.09. The fraction of sp³-hybridized carbons (Fsp3) is 0.143. The number of hydrogen-bond acceptors (Lipinski definition) is 4. The highest BCUT2D eigenvalue weighted by Crippen LogP contribution is 2.23. The number of rotatable bonds is 5. The third kappa shape index (κ3) is 3.36. The molecule has 1 amide bonds. The number of amides is 1. The van der Waals surface area contributed by atoms with E-state index >= 15 is 0 Å².